The number of nitrogens with one attached hydrogen (secondary N) is 2. The van der Waals surface area contributed by atoms with E-state index in [1.807, 2.05) is 6.07 Å². The fourth-order valence-electron chi connectivity index (χ4n) is 3.45. The zero-order chi connectivity index (χ0) is 20.0. The van der Waals surface area contributed by atoms with Crippen LogP contribution in [0, 0.1) is 0 Å². The summed E-state index contributed by atoms with van der Waals surface area (Å²) in [7, 11) is 3.12. The van der Waals surface area contributed by atoms with Crippen LogP contribution in [-0.4, -0.2) is 44.6 Å². The first-order chi connectivity index (χ1) is 14.2. The van der Waals surface area contributed by atoms with E-state index in [1.165, 1.54) is 0 Å². The number of methoxy groups -OCH3 is 2. The molecule has 4 aromatic rings. The second-order valence-electron chi connectivity index (χ2n) is 6.25. The van der Waals surface area contributed by atoms with Crippen molar-refractivity contribution in [2.24, 2.45) is 0 Å². The predicted octanol–water partition coefficient (Wildman–Crippen LogP) is 1.73. The molecule has 1 aliphatic heterocycles. The predicted molar refractivity (Wildman–Crippen MR) is 100 cm³/mol. The lowest BCUT2D eigenvalue weighted by atomic mass is 9.96. The summed E-state index contributed by atoms with van der Waals surface area (Å²) in [5.41, 5.74) is 1.72. The maximum Gasteiger partial charge on any atom is 0.288 e. The molecule has 0 saturated heterocycles. The molecular formula is C18H15N7O4. The molecule has 0 amide bonds. The van der Waals surface area contributed by atoms with Crippen LogP contribution in [0.1, 0.15) is 17.4 Å². The normalized spacial score (nSPS) is 14.6. The van der Waals surface area contributed by atoms with E-state index in [1.54, 1.807) is 49.4 Å². The maximum atomic E-state index is 12.6. The molecule has 0 aliphatic carbocycles. The molecular weight excluding hydrogens is 378 g/mol. The summed E-state index contributed by atoms with van der Waals surface area (Å²) in [6, 6.07) is 8.37. The van der Waals surface area contributed by atoms with Crippen molar-refractivity contribution in [1.82, 2.24) is 30.4 Å². The van der Waals surface area contributed by atoms with Gasteiger partial charge in [-0.15, -0.1) is 0 Å². The molecule has 11 nitrogen and oxygen atoms in total. The summed E-state index contributed by atoms with van der Waals surface area (Å²) < 4.78 is 17.9. The molecule has 4 heterocycles. The maximum absolute atomic E-state index is 12.6. The van der Waals surface area contributed by atoms with Crippen LogP contribution in [0.15, 0.2) is 45.8 Å². The lowest BCUT2D eigenvalue weighted by Gasteiger charge is -2.26. The molecule has 5 rings (SSSR count). The molecule has 146 valence electrons. The number of aromatic amines is 1. The molecule has 1 aliphatic rings. The standard InChI is InChI=1S/C18H15N7O4/c1-27-10-6-5-9(8-12(10)28-2)14-13-15(17(26)21-20-14)19-18-22-23-24-25(18)16(13)11-4-3-7-29-11/h3-8,16H,1-2H3,(H,21,26)(H,19,22,24). The number of H-pyrrole nitrogens is 1. The van der Waals surface area contributed by atoms with Gasteiger partial charge in [-0.3, -0.25) is 4.79 Å². The Labute approximate surface area is 163 Å². The van der Waals surface area contributed by atoms with Crippen LogP contribution >= 0.6 is 0 Å². The SMILES string of the molecule is COc1ccc(-c2n[nH]c(=O)c3c2C(c2ccco2)n2nnnc2N3)cc1OC. The number of anilines is 2. The smallest absolute Gasteiger partial charge is 0.288 e. The molecule has 1 atom stereocenters. The minimum atomic E-state index is -0.579. The van der Waals surface area contributed by atoms with E-state index < -0.39 is 11.6 Å². The first-order valence-electron chi connectivity index (χ1n) is 8.64. The molecule has 11 heteroatoms. The minimum absolute atomic E-state index is 0.300. The molecule has 29 heavy (non-hydrogen) atoms. The Hall–Kier alpha value is -4.15. The fourth-order valence-corrected chi connectivity index (χ4v) is 3.45. The van der Waals surface area contributed by atoms with Crippen LogP contribution < -0.4 is 20.3 Å². The number of tetrazole rings is 1. The molecule has 2 N–H and O–H groups in total. The largest absolute Gasteiger partial charge is 0.493 e. The molecule has 1 aromatic carbocycles. The topological polar surface area (TPSA) is 133 Å². The van der Waals surface area contributed by atoms with Crippen LogP contribution in [-0.2, 0) is 0 Å². The van der Waals surface area contributed by atoms with Gasteiger partial charge in [-0.2, -0.15) is 9.78 Å². The van der Waals surface area contributed by atoms with E-state index >= 15 is 0 Å². The van der Waals surface area contributed by atoms with Gasteiger partial charge < -0.3 is 19.2 Å². The van der Waals surface area contributed by atoms with E-state index in [-0.39, 0.29) is 0 Å². The Bertz CT molecular complexity index is 1250. The third-order valence-electron chi connectivity index (χ3n) is 4.74. The summed E-state index contributed by atoms with van der Waals surface area (Å²) in [5, 5.41) is 21.6. The van der Waals surface area contributed by atoms with Gasteiger partial charge in [0, 0.05) is 11.1 Å². The Kier molecular flexibility index (Phi) is 3.79. The van der Waals surface area contributed by atoms with E-state index in [4.69, 9.17) is 13.9 Å². The van der Waals surface area contributed by atoms with Crippen molar-refractivity contribution >= 4 is 11.6 Å². The van der Waals surface area contributed by atoms with Crippen molar-refractivity contribution in [3.63, 3.8) is 0 Å². The number of fused-ring (bicyclic) bond motifs is 2. The minimum Gasteiger partial charge on any atom is -0.493 e. The summed E-state index contributed by atoms with van der Waals surface area (Å²) in [4.78, 5) is 12.6. The highest BCUT2D eigenvalue weighted by Crippen LogP contribution is 2.42. The van der Waals surface area contributed by atoms with Crippen LogP contribution in [0.4, 0.5) is 11.6 Å². The number of aromatic nitrogens is 6. The van der Waals surface area contributed by atoms with Gasteiger partial charge in [0.2, 0.25) is 5.95 Å². The summed E-state index contributed by atoms with van der Waals surface area (Å²) in [5.74, 6) is 2.01. The van der Waals surface area contributed by atoms with Crippen molar-refractivity contribution in [2.75, 3.05) is 19.5 Å². The summed E-state index contributed by atoms with van der Waals surface area (Å²) >= 11 is 0. The molecule has 0 bridgehead atoms. The van der Waals surface area contributed by atoms with E-state index in [0.717, 1.165) is 0 Å². The molecule has 3 aromatic heterocycles. The highest BCUT2D eigenvalue weighted by Gasteiger charge is 2.36. The molecule has 0 spiro atoms. The number of furan rings is 1. The second-order valence-corrected chi connectivity index (χ2v) is 6.25. The van der Waals surface area contributed by atoms with Crippen LogP contribution in [0.25, 0.3) is 11.3 Å². The first-order valence-corrected chi connectivity index (χ1v) is 8.64. The quantitative estimate of drug-likeness (QED) is 0.468. The lowest BCUT2D eigenvalue weighted by Crippen LogP contribution is -2.28. The zero-order valence-corrected chi connectivity index (χ0v) is 15.4. The van der Waals surface area contributed by atoms with Gasteiger partial charge >= 0.3 is 0 Å². The number of hydrogen-bond acceptors (Lipinski definition) is 9. The van der Waals surface area contributed by atoms with Crippen molar-refractivity contribution in [1.29, 1.82) is 0 Å². The number of ether oxygens (including phenoxy) is 2. The van der Waals surface area contributed by atoms with Gasteiger partial charge in [-0.05, 0) is 40.8 Å². The van der Waals surface area contributed by atoms with Gasteiger partial charge in [0.1, 0.15) is 17.5 Å². The van der Waals surface area contributed by atoms with Crippen molar-refractivity contribution in [2.45, 2.75) is 6.04 Å². The second kappa shape index (κ2) is 6.48. The highest BCUT2D eigenvalue weighted by molar-refractivity contribution is 5.76. The number of hydrogen-bond donors (Lipinski definition) is 2. The van der Waals surface area contributed by atoms with Gasteiger partial charge in [-0.25, -0.2) is 5.10 Å². The van der Waals surface area contributed by atoms with Gasteiger partial charge in [0.25, 0.3) is 5.56 Å². The summed E-state index contributed by atoms with van der Waals surface area (Å²) in [6.45, 7) is 0. The number of rotatable bonds is 4. The van der Waals surface area contributed by atoms with Crippen LogP contribution in [0.5, 0.6) is 11.5 Å². The van der Waals surface area contributed by atoms with Crippen molar-refractivity contribution in [3.05, 3.63) is 58.3 Å². The average molecular weight is 393 g/mol. The third-order valence-corrected chi connectivity index (χ3v) is 4.74. The Morgan fingerprint density at radius 2 is 2.03 bits per heavy atom. The van der Waals surface area contributed by atoms with E-state index in [0.29, 0.717) is 45.7 Å². The Morgan fingerprint density at radius 1 is 1.17 bits per heavy atom. The van der Waals surface area contributed by atoms with Crippen molar-refractivity contribution in [3.8, 4) is 22.8 Å². The number of nitrogens with zero attached hydrogens (tertiary/aromatic N) is 5. The first kappa shape index (κ1) is 17.0. The fraction of sp³-hybridized carbons (Fsp3) is 0.167. The van der Waals surface area contributed by atoms with E-state index in [2.05, 4.69) is 31.0 Å². The lowest BCUT2D eigenvalue weighted by molar-refractivity contribution is 0.355. The van der Waals surface area contributed by atoms with Crippen LogP contribution in [0.2, 0.25) is 0 Å². The molecule has 0 fully saturated rings. The Balaban J connectivity index is 1.78. The molecule has 0 saturated carbocycles. The van der Waals surface area contributed by atoms with Crippen molar-refractivity contribution < 1.29 is 13.9 Å². The van der Waals surface area contributed by atoms with Gasteiger partial charge in [0.15, 0.2) is 11.5 Å². The highest BCUT2D eigenvalue weighted by atomic mass is 16.5. The van der Waals surface area contributed by atoms with Gasteiger partial charge in [0.05, 0.1) is 26.2 Å². The van der Waals surface area contributed by atoms with Crippen LogP contribution in [0.3, 0.4) is 0 Å². The molecule has 0 radical (unpaired) electrons. The molecule has 1 unspecified atom stereocenters. The summed E-state index contributed by atoms with van der Waals surface area (Å²) in [6.07, 6.45) is 1.55. The third kappa shape index (κ3) is 2.55. The van der Waals surface area contributed by atoms with Gasteiger partial charge in [-0.1, -0.05) is 5.10 Å². The van der Waals surface area contributed by atoms with E-state index in [9.17, 15) is 4.79 Å². The average Bonchev–Trinajstić information content (AvgIpc) is 3.44. The zero-order valence-electron chi connectivity index (χ0n) is 15.4. The monoisotopic (exact) mass is 393 g/mol. The number of benzene rings is 1. The Morgan fingerprint density at radius 3 is 2.79 bits per heavy atom.